The van der Waals surface area contributed by atoms with Gasteiger partial charge in [-0.1, -0.05) is 19.1 Å². The average molecular weight is 276 g/mol. The summed E-state index contributed by atoms with van der Waals surface area (Å²) in [6.07, 6.45) is 1.93. The molecule has 1 aliphatic heterocycles. The molecule has 1 amide bonds. The van der Waals surface area contributed by atoms with E-state index < -0.39 is 0 Å². The number of hydrogen-bond donors (Lipinski definition) is 2. The minimum atomic E-state index is -0.00528. The van der Waals surface area contributed by atoms with E-state index in [0.717, 1.165) is 25.1 Å². The summed E-state index contributed by atoms with van der Waals surface area (Å²) in [6, 6.07) is 8.34. The van der Waals surface area contributed by atoms with Crippen LogP contribution in [0.25, 0.3) is 0 Å². The number of nitrogens with one attached hydrogen (secondary N) is 2. The molecule has 4 nitrogen and oxygen atoms in total. The summed E-state index contributed by atoms with van der Waals surface area (Å²) < 4.78 is 5.25. The van der Waals surface area contributed by atoms with Gasteiger partial charge in [-0.2, -0.15) is 0 Å². The quantitative estimate of drug-likeness (QED) is 0.840. The van der Waals surface area contributed by atoms with Crippen molar-refractivity contribution in [2.75, 3.05) is 25.1 Å². The fraction of sp³-hybridized carbons (Fsp3) is 0.562. The summed E-state index contributed by atoms with van der Waals surface area (Å²) in [5, 5.41) is 6.44. The molecule has 0 aromatic heterocycles. The number of ether oxygens (including phenoxy) is 1. The second-order valence-electron chi connectivity index (χ2n) is 5.35. The van der Waals surface area contributed by atoms with E-state index >= 15 is 0 Å². The van der Waals surface area contributed by atoms with Crippen LogP contribution in [-0.2, 0) is 9.53 Å². The molecule has 0 bridgehead atoms. The molecule has 20 heavy (non-hydrogen) atoms. The maximum Gasteiger partial charge on any atom is 0.229 e. The summed E-state index contributed by atoms with van der Waals surface area (Å²) >= 11 is 0. The molecule has 2 atom stereocenters. The third-order valence-electron chi connectivity index (χ3n) is 3.66. The largest absolute Gasteiger partial charge is 0.381 e. The normalized spacial score (nSPS) is 19.8. The van der Waals surface area contributed by atoms with Crippen LogP contribution in [0.3, 0.4) is 0 Å². The average Bonchev–Trinajstić information content (AvgIpc) is 2.99. The van der Waals surface area contributed by atoms with Crippen LogP contribution < -0.4 is 10.6 Å². The fourth-order valence-electron chi connectivity index (χ4n) is 2.35. The molecule has 0 aliphatic carbocycles. The molecule has 110 valence electrons. The van der Waals surface area contributed by atoms with Gasteiger partial charge in [0.05, 0.1) is 12.5 Å². The predicted octanol–water partition coefficient (Wildman–Crippen LogP) is 2.72. The Kier molecular flexibility index (Phi) is 5.56. The van der Waals surface area contributed by atoms with Crippen LogP contribution >= 0.6 is 0 Å². The molecule has 0 saturated carbocycles. The first kappa shape index (κ1) is 15.0. The minimum Gasteiger partial charge on any atom is -0.381 e. The summed E-state index contributed by atoms with van der Waals surface area (Å²) in [5.41, 5.74) is 2.06. The minimum absolute atomic E-state index is 0.00528. The highest BCUT2D eigenvalue weighted by molar-refractivity contribution is 5.92. The molecule has 2 N–H and O–H groups in total. The van der Waals surface area contributed by atoms with Crippen molar-refractivity contribution in [2.45, 2.75) is 32.7 Å². The zero-order valence-electron chi connectivity index (χ0n) is 12.3. The molecule has 2 rings (SSSR count). The highest BCUT2D eigenvalue weighted by Gasteiger charge is 2.23. The van der Waals surface area contributed by atoms with Crippen molar-refractivity contribution in [3.8, 4) is 0 Å². The first-order chi connectivity index (χ1) is 9.70. The van der Waals surface area contributed by atoms with Gasteiger partial charge in [0, 0.05) is 18.3 Å². The summed E-state index contributed by atoms with van der Waals surface area (Å²) in [7, 11) is 0. The highest BCUT2D eigenvalue weighted by Crippen LogP contribution is 2.19. The number of carbonyl (C=O) groups is 1. The molecule has 4 heteroatoms. The van der Waals surface area contributed by atoms with Gasteiger partial charge in [-0.3, -0.25) is 4.79 Å². The van der Waals surface area contributed by atoms with E-state index in [-0.39, 0.29) is 11.8 Å². The number of rotatable bonds is 6. The SMILES string of the molecule is CCCNC(C)c1cccc(NC(=O)C2CCOC2)c1. The van der Waals surface area contributed by atoms with Gasteiger partial charge >= 0.3 is 0 Å². The van der Waals surface area contributed by atoms with Crippen LogP contribution in [0.2, 0.25) is 0 Å². The second-order valence-corrected chi connectivity index (χ2v) is 5.35. The number of amides is 1. The maximum atomic E-state index is 12.1. The molecule has 0 radical (unpaired) electrons. The Morgan fingerprint density at radius 1 is 1.50 bits per heavy atom. The van der Waals surface area contributed by atoms with Crippen molar-refractivity contribution in [3.05, 3.63) is 29.8 Å². The van der Waals surface area contributed by atoms with Gasteiger partial charge < -0.3 is 15.4 Å². The molecular weight excluding hydrogens is 252 g/mol. The third-order valence-corrected chi connectivity index (χ3v) is 3.66. The van der Waals surface area contributed by atoms with E-state index in [0.29, 0.717) is 19.3 Å². The van der Waals surface area contributed by atoms with Gasteiger partial charge in [-0.05, 0) is 44.0 Å². The van der Waals surface area contributed by atoms with E-state index in [1.54, 1.807) is 0 Å². The first-order valence-corrected chi connectivity index (χ1v) is 7.42. The van der Waals surface area contributed by atoms with Crippen molar-refractivity contribution >= 4 is 11.6 Å². The Morgan fingerprint density at radius 3 is 3.05 bits per heavy atom. The Morgan fingerprint density at radius 2 is 2.35 bits per heavy atom. The second kappa shape index (κ2) is 7.41. The molecule has 2 unspecified atom stereocenters. The lowest BCUT2D eigenvalue weighted by molar-refractivity contribution is -0.119. The molecule has 1 aromatic rings. The van der Waals surface area contributed by atoms with Gasteiger partial charge in [0.1, 0.15) is 0 Å². The number of benzene rings is 1. The van der Waals surface area contributed by atoms with Crippen LogP contribution in [0, 0.1) is 5.92 Å². The molecule has 1 heterocycles. The van der Waals surface area contributed by atoms with Gasteiger partial charge in [-0.25, -0.2) is 0 Å². The smallest absolute Gasteiger partial charge is 0.229 e. The maximum absolute atomic E-state index is 12.1. The predicted molar refractivity (Wildman–Crippen MR) is 80.7 cm³/mol. The number of anilines is 1. The Balaban J connectivity index is 1.96. The summed E-state index contributed by atoms with van der Waals surface area (Å²) in [5.74, 6) is 0.0584. The van der Waals surface area contributed by atoms with Crippen LogP contribution in [0.4, 0.5) is 5.69 Å². The monoisotopic (exact) mass is 276 g/mol. The van der Waals surface area contributed by atoms with E-state index in [2.05, 4.69) is 30.5 Å². The van der Waals surface area contributed by atoms with E-state index in [1.165, 1.54) is 5.56 Å². The topological polar surface area (TPSA) is 50.4 Å². The summed E-state index contributed by atoms with van der Waals surface area (Å²) in [4.78, 5) is 12.1. The lowest BCUT2D eigenvalue weighted by atomic mass is 10.1. The molecular formula is C16H24N2O2. The lowest BCUT2D eigenvalue weighted by Gasteiger charge is -2.15. The molecule has 1 aliphatic rings. The Bertz CT molecular complexity index is 442. The van der Waals surface area contributed by atoms with Crippen molar-refractivity contribution in [3.63, 3.8) is 0 Å². The Hall–Kier alpha value is -1.39. The lowest BCUT2D eigenvalue weighted by Crippen LogP contribution is -2.23. The molecule has 1 saturated heterocycles. The third kappa shape index (κ3) is 4.05. The van der Waals surface area contributed by atoms with Gasteiger partial charge in [0.25, 0.3) is 0 Å². The van der Waals surface area contributed by atoms with Gasteiger partial charge in [0.15, 0.2) is 0 Å². The number of carbonyl (C=O) groups excluding carboxylic acids is 1. The van der Waals surface area contributed by atoms with E-state index in [1.807, 2.05) is 18.2 Å². The van der Waals surface area contributed by atoms with Crippen molar-refractivity contribution in [1.29, 1.82) is 0 Å². The molecule has 0 spiro atoms. The standard InChI is InChI=1S/C16H24N2O2/c1-3-8-17-12(2)13-5-4-6-15(10-13)18-16(19)14-7-9-20-11-14/h4-6,10,12,14,17H,3,7-9,11H2,1-2H3,(H,18,19). The van der Waals surface area contributed by atoms with Gasteiger partial charge in [0.2, 0.25) is 5.91 Å². The van der Waals surface area contributed by atoms with Crippen LogP contribution in [0.5, 0.6) is 0 Å². The van der Waals surface area contributed by atoms with E-state index in [4.69, 9.17) is 4.74 Å². The fourth-order valence-corrected chi connectivity index (χ4v) is 2.35. The van der Waals surface area contributed by atoms with Crippen molar-refractivity contribution in [1.82, 2.24) is 5.32 Å². The van der Waals surface area contributed by atoms with Crippen molar-refractivity contribution in [2.24, 2.45) is 5.92 Å². The van der Waals surface area contributed by atoms with Crippen molar-refractivity contribution < 1.29 is 9.53 Å². The molecule has 1 aromatic carbocycles. The Labute approximate surface area is 120 Å². The van der Waals surface area contributed by atoms with Crippen LogP contribution in [0.1, 0.15) is 38.3 Å². The zero-order chi connectivity index (χ0) is 14.4. The van der Waals surface area contributed by atoms with Crippen LogP contribution in [-0.4, -0.2) is 25.7 Å². The zero-order valence-corrected chi connectivity index (χ0v) is 12.3. The highest BCUT2D eigenvalue weighted by atomic mass is 16.5. The first-order valence-electron chi connectivity index (χ1n) is 7.42. The van der Waals surface area contributed by atoms with Crippen LogP contribution in [0.15, 0.2) is 24.3 Å². The van der Waals surface area contributed by atoms with Gasteiger partial charge in [-0.15, -0.1) is 0 Å². The number of hydrogen-bond acceptors (Lipinski definition) is 3. The molecule has 1 fully saturated rings. The summed E-state index contributed by atoms with van der Waals surface area (Å²) in [6.45, 7) is 6.52. The van der Waals surface area contributed by atoms with E-state index in [9.17, 15) is 4.79 Å².